The summed E-state index contributed by atoms with van der Waals surface area (Å²) >= 11 is 0. The molecule has 5 aromatic rings. The summed E-state index contributed by atoms with van der Waals surface area (Å²) in [5.41, 5.74) is 8.71. The predicted molar refractivity (Wildman–Crippen MR) is 463 cm³/mol. The van der Waals surface area contributed by atoms with Crippen LogP contribution in [0.2, 0.25) is 0 Å². The van der Waals surface area contributed by atoms with Crippen LogP contribution < -0.4 is 27.3 Å². The van der Waals surface area contributed by atoms with Gasteiger partial charge < -0.3 is 152 Å². The minimum absolute atomic E-state index is 0. The average Bonchev–Trinajstić information content (AvgIpc) is 1.54. The van der Waals surface area contributed by atoms with Gasteiger partial charge in [-0.2, -0.15) is 0 Å². The van der Waals surface area contributed by atoms with Crippen molar-refractivity contribution in [1.29, 1.82) is 0 Å². The third-order valence-corrected chi connectivity index (χ3v) is 20.0. The molecule has 40 heteroatoms. The van der Waals surface area contributed by atoms with E-state index in [0.29, 0.717) is 32.1 Å². The zero-order valence-corrected chi connectivity index (χ0v) is 90.0. The van der Waals surface area contributed by atoms with E-state index < -0.39 is 84.2 Å². The first-order valence-electron chi connectivity index (χ1n) is 39.6. The molecule has 5 saturated heterocycles. The quantitative estimate of drug-likeness (QED) is 0.0178. The minimum atomic E-state index is -0.840. The van der Waals surface area contributed by atoms with Crippen molar-refractivity contribution < 1.29 is 305 Å². The molecule has 0 aliphatic carbocycles. The molecule has 0 bridgehead atoms. The van der Waals surface area contributed by atoms with Gasteiger partial charge in [-0.05, 0) is 160 Å². The van der Waals surface area contributed by atoms with Gasteiger partial charge in [0.15, 0.2) is 0 Å². The van der Waals surface area contributed by atoms with E-state index in [1.54, 1.807) is 78.0 Å². The molecule has 5 aliphatic rings. The molecule has 30 nitrogen and oxygen atoms in total. The molecule has 0 amide bonds. The fourth-order valence-electron chi connectivity index (χ4n) is 13.7. The van der Waals surface area contributed by atoms with Gasteiger partial charge in [0.1, 0.15) is 61.5 Å². The normalized spacial score (nSPS) is 22.5. The largest absolute Gasteiger partial charge is 0.509 e. The van der Waals surface area contributed by atoms with Crippen LogP contribution in [0, 0.1) is 41.5 Å². The van der Waals surface area contributed by atoms with E-state index in [1.807, 2.05) is 178 Å². The number of hydrogen-bond acceptors (Lipinski definition) is 30. The van der Waals surface area contributed by atoms with Crippen LogP contribution in [0.1, 0.15) is 155 Å². The van der Waals surface area contributed by atoms with Gasteiger partial charge in [-0.1, -0.05) is 130 Å². The fourth-order valence-corrected chi connectivity index (χ4v) is 13.7. The van der Waals surface area contributed by atoms with E-state index in [1.165, 1.54) is 0 Å². The second-order valence-corrected chi connectivity index (χ2v) is 29.7. The van der Waals surface area contributed by atoms with Gasteiger partial charge in [0.25, 0.3) is 0 Å². The van der Waals surface area contributed by atoms with Crippen LogP contribution in [0.25, 0.3) is 0 Å². The Morgan fingerprint density at radius 2 is 0.685 bits per heavy atom. The van der Waals surface area contributed by atoms with E-state index >= 15 is 0 Å². The van der Waals surface area contributed by atoms with Crippen molar-refractivity contribution in [3.63, 3.8) is 0 Å². The summed E-state index contributed by atoms with van der Waals surface area (Å²) in [7, 11) is 13.5. The van der Waals surface area contributed by atoms with Gasteiger partial charge in [-0.25, -0.2) is 24.0 Å². The predicted octanol–water partition coefficient (Wildman–Crippen LogP) is 12.0. The van der Waals surface area contributed by atoms with E-state index in [0.717, 1.165) is 60.7 Å². The molecule has 691 valence electrons. The zero-order chi connectivity index (χ0) is 88.5. The van der Waals surface area contributed by atoms with Gasteiger partial charge >= 0.3 is 66.4 Å². The van der Waals surface area contributed by atoms with Gasteiger partial charge in [0, 0.05) is 267 Å². The van der Waals surface area contributed by atoms with E-state index in [2.05, 4.69) is 34.6 Å². The second kappa shape index (κ2) is 65.4. The van der Waals surface area contributed by atoms with Crippen LogP contribution in [0.4, 0.5) is 24.0 Å². The van der Waals surface area contributed by atoms with Gasteiger partial charge in [-0.15, -0.1) is 0 Å². The van der Waals surface area contributed by atoms with Crippen molar-refractivity contribution in [3.05, 3.63) is 183 Å². The number of benzene rings is 5. The van der Waals surface area contributed by atoms with E-state index in [9.17, 15) is 24.0 Å². The Kier molecular flexibility index (Phi) is 65.3. The number of ether oxygens (including phenoxy) is 15. The van der Waals surface area contributed by atoms with Crippen LogP contribution in [-0.4, -0.2) is 229 Å². The third kappa shape index (κ3) is 42.1. The maximum absolute atomic E-state index is 12.1. The maximum Gasteiger partial charge on any atom is 0.509 e. The Hall–Kier alpha value is -2.31. The fraction of sp³-hybridized carbons (Fsp3) is 0.540. The van der Waals surface area contributed by atoms with Crippen LogP contribution >= 0.6 is 0 Å². The molecule has 10 rings (SSSR count). The molecule has 5 fully saturated rings. The Morgan fingerprint density at radius 3 is 1.02 bits per heavy atom. The number of aryl methyl sites for hydroxylation is 1. The van der Waals surface area contributed by atoms with Gasteiger partial charge in [0.05, 0.1) is 30.5 Å². The number of hydrogen-bond donors (Lipinski definition) is 0. The second-order valence-electron chi connectivity index (χ2n) is 29.7. The minimum Gasteiger partial charge on any atom is -0.431 e. The van der Waals surface area contributed by atoms with Gasteiger partial charge in [0.2, 0.25) is 0 Å². The van der Waals surface area contributed by atoms with Crippen molar-refractivity contribution in [2.45, 2.75) is 239 Å². The van der Waals surface area contributed by atoms with Crippen molar-refractivity contribution in [3.8, 4) is 0 Å². The Balaban J connectivity index is 0. The summed E-state index contributed by atoms with van der Waals surface area (Å²) in [5, 5.41) is 0. The summed E-state index contributed by atoms with van der Waals surface area (Å²) in [6, 6.07) is 35.6. The van der Waals surface area contributed by atoms with E-state index in [-0.39, 0.29) is 283 Å². The molecule has 17 atom stereocenters. The molecule has 5 aromatic carbocycles. The van der Waals surface area contributed by atoms with Crippen LogP contribution in [0.15, 0.2) is 115 Å². The SMILES string of the molecule is C.C.[CH2-][C@H]1O[C@@H](C)C[C@H]1OC(=O)OC(C)(C)c1ccc(B(OC)OC)cc1.[CH2-][C@H]1O[C@@H](C)C[C@H]1OC(=O)OC(C)c1ccc(B(OC)OC)cc1.[CH2-][C@H]1O[C@@H](C)C[C@H]1OC(=O)OC(C)c1ccc(B(OC)OC)cc1C.[CH2-][C@H]1O[C@@H](C)C[C@H]1OC(=O)OCc1ccc(B(OC)OC)cc1.[CH2-][C@H]1O[C@@H](C)C[C@H]1OC(=O)OCc1ccccc1B(OC)OC.[Y].[Y].[Y].[Y].[Y]. The van der Waals surface area contributed by atoms with Crippen molar-refractivity contribution in [2.75, 3.05) is 71.1 Å². The maximum atomic E-state index is 12.1. The van der Waals surface area contributed by atoms with Crippen LogP contribution in [-0.2, 0) is 300 Å². The van der Waals surface area contributed by atoms with Crippen molar-refractivity contribution >= 4 is 93.7 Å². The molecule has 0 N–H and O–H groups in total. The van der Waals surface area contributed by atoms with Crippen molar-refractivity contribution in [1.82, 2.24) is 0 Å². The number of carbonyl (C=O) groups is 5. The standard InChI is InChI=1S/2C18H26BO6.C17H24BO6.2C16H22BO6.2CH4.5Y/c1-12-11-16(13(2)23-12)24-17(20)25-18(3,4)14-7-9-15(10-8-14)19(21-5)22-6;1-11-9-15(19(21-5)22-6)7-8-16(11)13(3)24-18(20)25-17-10-12(2)23-14(17)4;1-11-10-16(13(3)22-11)24-17(19)23-12(2)14-6-8-15(9-7-14)18(20-4)21-5;1-11-9-15(12(2)22-11)23-16(18)21-10-13-5-7-14(8-6-13)17(19-3)20-4;1-11-9-15(12(2)22-11)23-16(18)21-10-13-7-5-6-8-14(13)17(19-3)20-4;;;;;;;/h7-10,12-13,16H,2,11H2,1,3-6H3;7-9,12-14,17H,4,10H2,1-3,5-6H3;6-9,11-13,16H,3,10H2,1-2,4-5H3;2*5-8,11-12,15H,2,9-10H2,1,3-4H3;2*1H4;;;;;/q5*-1;;;;;;;/t12-,13+,16+;12-,13?,14+,17+;11-,12?,13+,16+;2*11-,12+,15+;;;;;;;/m00000......./s1. The van der Waals surface area contributed by atoms with E-state index in [4.69, 9.17) is 118 Å². The molecular weight excluding hydrogens is 2020 g/mol. The molecule has 5 aliphatic heterocycles. The molecule has 127 heavy (non-hydrogen) atoms. The number of carbonyl (C=O) groups excluding carboxylic acids is 5. The third-order valence-electron chi connectivity index (χ3n) is 20.0. The molecule has 0 saturated carbocycles. The Bertz CT molecular complexity index is 3880. The first kappa shape index (κ1) is 127. The summed E-state index contributed by atoms with van der Waals surface area (Å²) in [4.78, 5) is 59.7. The molecular formula is C87H128B5O30Y5-5. The monoisotopic (exact) mass is 2150 g/mol. The summed E-state index contributed by atoms with van der Waals surface area (Å²) in [5.74, 6) is 0. The zero-order valence-electron chi connectivity index (χ0n) is 75.8. The van der Waals surface area contributed by atoms with Crippen LogP contribution in [0.5, 0.6) is 0 Å². The molecule has 0 aromatic heterocycles. The summed E-state index contributed by atoms with van der Waals surface area (Å²) in [6.07, 6.45) is -4.85. The Morgan fingerprint density at radius 1 is 0.386 bits per heavy atom. The molecule has 0 spiro atoms. The molecule has 5 radical (unpaired) electrons. The van der Waals surface area contributed by atoms with Crippen molar-refractivity contribution in [2.24, 2.45) is 0 Å². The Labute approximate surface area is 881 Å². The van der Waals surface area contributed by atoms with Gasteiger partial charge in [-0.3, -0.25) is 0 Å². The van der Waals surface area contributed by atoms with Crippen LogP contribution in [0.3, 0.4) is 0 Å². The first-order valence-corrected chi connectivity index (χ1v) is 39.6. The molecule has 2 unspecified atom stereocenters. The number of rotatable bonds is 30. The topological polar surface area (TPSA) is 316 Å². The summed E-state index contributed by atoms with van der Waals surface area (Å²) in [6.45, 7) is 38.1. The molecule has 5 heterocycles. The smallest absolute Gasteiger partial charge is 0.431 e. The summed E-state index contributed by atoms with van der Waals surface area (Å²) < 4.78 is 132. The first-order chi connectivity index (χ1) is 57.1. The average molecular weight is 2150 g/mol.